The van der Waals surface area contributed by atoms with E-state index in [0.717, 1.165) is 12.2 Å². The summed E-state index contributed by atoms with van der Waals surface area (Å²) < 4.78 is 0. The molecule has 1 atom stereocenters. The van der Waals surface area contributed by atoms with Crippen LogP contribution in [0.4, 0.5) is 0 Å². The lowest BCUT2D eigenvalue weighted by Gasteiger charge is -2.12. The predicted octanol–water partition coefficient (Wildman–Crippen LogP) is 4.01. The van der Waals surface area contributed by atoms with Gasteiger partial charge in [-0.3, -0.25) is 0 Å². The Labute approximate surface area is 96.5 Å². The van der Waals surface area contributed by atoms with Crippen LogP contribution in [0.5, 0.6) is 0 Å². The van der Waals surface area contributed by atoms with Crippen LogP contribution in [0.3, 0.4) is 0 Å². The van der Waals surface area contributed by atoms with E-state index in [1.54, 1.807) is 0 Å². The first-order valence-electron chi connectivity index (χ1n) is 5.22. The second-order valence-electron chi connectivity index (χ2n) is 4.05. The molecule has 0 saturated carbocycles. The Morgan fingerprint density at radius 3 is 2.40 bits per heavy atom. The molecule has 1 aromatic carbocycles. The maximum Gasteiger partial charge on any atom is 0.133 e. The lowest BCUT2D eigenvalue weighted by Crippen LogP contribution is -1.96. The zero-order valence-electron chi connectivity index (χ0n) is 9.58. The van der Waals surface area contributed by atoms with Crippen LogP contribution in [0.2, 0.25) is 0 Å². The Balaban J connectivity index is 2.65. The van der Waals surface area contributed by atoms with Crippen molar-refractivity contribution in [3.8, 4) is 5.40 Å². The van der Waals surface area contributed by atoms with E-state index in [0.29, 0.717) is 5.92 Å². The Morgan fingerprint density at radius 2 is 1.87 bits per heavy atom. The molecule has 0 fully saturated rings. The van der Waals surface area contributed by atoms with E-state index in [1.807, 2.05) is 0 Å². The first-order chi connectivity index (χ1) is 7.13. The molecule has 1 unspecified atom stereocenters. The number of thiocyanates is 1. The van der Waals surface area contributed by atoms with E-state index in [9.17, 15) is 0 Å². The second kappa shape index (κ2) is 5.82. The largest absolute Gasteiger partial charge is 0.185 e. The molecule has 0 amide bonds. The molecule has 0 aliphatic carbocycles. The molecule has 0 bridgehead atoms. The number of hydrogen-bond donors (Lipinski definition) is 0. The molecular formula is C13H17NS. The fraction of sp³-hybridized carbons (Fsp3) is 0.462. The van der Waals surface area contributed by atoms with Gasteiger partial charge in [0.05, 0.1) is 0 Å². The predicted molar refractivity (Wildman–Crippen MR) is 67.0 cm³/mol. The molecule has 1 aromatic rings. The first kappa shape index (κ1) is 12.1. The smallest absolute Gasteiger partial charge is 0.133 e. The fourth-order valence-corrected chi connectivity index (χ4v) is 2.31. The number of rotatable bonds is 4. The molecule has 0 aliphatic rings. The van der Waals surface area contributed by atoms with E-state index in [1.165, 1.54) is 28.5 Å². The monoisotopic (exact) mass is 219 g/mol. The first-order valence-corrected chi connectivity index (χ1v) is 6.21. The van der Waals surface area contributed by atoms with Gasteiger partial charge in [-0.15, -0.1) is 0 Å². The Morgan fingerprint density at radius 1 is 1.27 bits per heavy atom. The molecule has 0 aliphatic heterocycles. The van der Waals surface area contributed by atoms with Crippen molar-refractivity contribution >= 4 is 11.8 Å². The van der Waals surface area contributed by atoms with Gasteiger partial charge in [-0.2, -0.15) is 5.26 Å². The van der Waals surface area contributed by atoms with Gasteiger partial charge >= 0.3 is 0 Å². The van der Waals surface area contributed by atoms with Gasteiger partial charge in [-0.1, -0.05) is 36.2 Å². The van der Waals surface area contributed by atoms with E-state index >= 15 is 0 Å². The molecule has 0 heterocycles. The average Bonchev–Trinajstić information content (AvgIpc) is 2.16. The maximum absolute atomic E-state index is 8.45. The lowest BCUT2D eigenvalue weighted by molar-refractivity contribution is 0.740. The second-order valence-corrected chi connectivity index (χ2v) is 4.93. The standard InChI is InChI=1S/C13H17NS/c1-10-6-11(2)8-13(7-10)12(3)4-5-15-9-14/h6-8,12H,4-5H2,1-3H3. The zero-order chi connectivity index (χ0) is 11.3. The summed E-state index contributed by atoms with van der Waals surface area (Å²) >= 11 is 1.35. The number of hydrogen-bond acceptors (Lipinski definition) is 2. The van der Waals surface area contributed by atoms with Crippen LogP contribution in [0.25, 0.3) is 0 Å². The third-order valence-corrected chi connectivity index (χ3v) is 3.10. The number of thioether (sulfide) groups is 1. The topological polar surface area (TPSA) is 23.8 Å². The van der Waals surface area contributed by atoms with E-state index in [2.05, 4.69) is 44.4 Å². The van der Waals surface area contributed by atoms with Crippen molar-refractivity contribution in [2.45, 2.75) is 33.1 Å². The molecule has 2 heteroatoms. The Hall–Kier alpha value is -0.940. The summed E-state index contributed by atoms with van der Waals surface area (Å²) in [5.41, 5.74) is 4.04. The minimum absolute atomic E-state index is 0.546. The Bertz CT molecular complexity index is 345. The molecule has 0 N–H and O–H groups in total. The quantitative estimate of drug-likeness (QED) is 0.564. The Kier molecular flexibility index (Phi) is 4.71. The molecule has 15 heavy (non-hydrogen) atoms. The van der Waals surface area contributed by atoms with Gasteiger partial charge in [0.1, 0.15) is 5.40 Å². The minimum Gasteiger partial charge on any atom is -0.185 e. The van der Waals surface area contributed by atoms with Crippen LogP contribution in [-0.4, -0.2) is 5.75 Å². The number of benzene rings is 1. The van der Waals surface area contributed by atoms with Crippen molar-refractivity contribution in [1.82, 2.24) is 0 Å². The summed E-state index contributed by atoms with van der Waals surface area (Å²) in [6.07, 6.45) is 1.07. The van der Waals surface area contributed by atoms with Crippen LogP contribution < -0.4 is 0 Å². The molecule has 0 spiro atoms. The SMILES string of the molecule is Cc1cc(C)cc(C(C)CCSC#N)c1. The van der Waals surface area contributed by atoms with Crippen LogP contribution in [0.1, 0.15) is 36.0 Å². The summed E-state index contributed by atoms with van der Waals surface area (Å²) in [7, 11) is 0. The molecule has 80 valence electrons. The van der Waals surface area contributed by atoms with Gasteiger partial charge in [-0.25, -0.2) is 0 Å². The van der Waals surface area contributed by atoms with Crippen LogP contribution in [-0.2, 0) is 0 Å². The van der Waals surface area contributed by atoms with Gasteiger partial charge in [0.15, 0.2) is 0 Å². The highest BCUT2D eigenvalue weighted by atomic mass is 32.2. The summed E-state index contributed by atoms with van der Waals surface area (Å²) in [6, 6.07) is 6.68. The summed E-state index contributed by atoms with van der Waals surface area (Å²) in [6.45, 7) is 6.49. The summed E-state index contributed by atoms with van der Waals surface area (Å²) in [4.78, 5) is 0. The fourth-order valence-electron chi connectivity index (χ4n) is 1.74. The normalized spacial score (nSPS) is 12.1. The lowest BCUT2D eigenvalue weighted by atomic mass is 9.95. The maximum atomic E-state index is 8.45. The number of aryl methyl sites for hydroxylation is 2. The highest BCUT2D eigenvalue weighted by Gasteiger charge is 2.06. The molecule has 1 rings (SSSR count). The third-order valence-electron chi connectivity index (χ3n) is 2.53. The molecular weight excluding hydrogens is 202 g/mol. The van der Waals surface area contributed by atoms with Gasteiger partial charge in [0, 0.05) is 5.75 Å². The number of nitriles is 1. The summed E-state index contributed by atoms with van der Waals surface area (Å²) in [5.74, 6) is 1.47. The van der Waals surface area contributed by atoms with Crippen molar-refractivity contribution in [3.05, 3.63) is 34.9 Å². The van der Waals surface area contributed by atoms with Crippen LogP contribution in [0.15, 0.2) is 18.2 Å². The van der Waals surface area contributed by atoms with Crippen LogP contribution in [0, 0.1) is 24.5 Å². The van der Waals surface area contributed by atoms with Gasteiger partial charge in [-0.05, 0) is 43.5 Å². The van der Waals surface area contributed by atoms with Crippen molar-refractivity contribution in [2.24, 2.45) is 0 Å². The third kappa shape index (κ3) is 3.97. The zero-order valence-corrected chi connectivity index (χ0v) is 10.4. The van der Waals surface area contributed by atoms with Gasteiger partial charge in [0.2, 0.25) is 0 Å². The van der Waals surface area contributed by atoms with Gasteiger partial charge in [0.25, 0.3) is 0 Å². The van der Waals surface area contributed by atoms with Crippen molar-refractivity contribution in [3.63, 3.8) is 0 Å². The highest BCUT2D eigenvalue weighted by Crippen LogP contribution is 2.23. The number of nitrogens with zero attached hydrogens (tertiary/aromatic N) is 1. The van der Waals surface area contributed by atoms with Crippen molar-refractivity contribution in [1.29, 1.82) is 5.26 Å². The minimum atomic E-state index is 0.546. The average molecular weight is 219 g/mol. The molecule has 1 nitrogen and oxygen atoms in total. The van der Waals surface area contributed by atoms with Crippen LogP contribution >= 0.6 is 11.8 Å². The van der Waals surface area contributed by atoms with E-state index in [4.69, 9.17) is 5.26 Å². The van der Waals surface area contributed by atoms with Gasteiger partial charge < -0.3 is 0 Å². The van der Waals surface area contributed by atoms with E-state index < -0.39 is 0 Å². The molecule has 0 aromatic heterocycles. The van der Waals surface area contributed by atoms with Crippen molar-refractivity contribution < 1.29 is 0 Å². The molecule has 0 saturated heterocycles. The summed E-state index contributed by atoms with van der Waals surface area (Å²) in [5, 5.41) is 10.6. The van der Waals surface area contributed by atoms with Crippen molar-refractivity contribution in [2.75, 3.05) is 5.75 Å². The highest BCUT2D eigenvalue weighted by molar-refractivity contribution is 8.03. The molecule has 0 radical (unpaired) electrons. The van der Waals surface area contributed by atoms with E-state index in [-0.39, 0.29) is 0 Å².